The van der Waals surface area contributed by atoms with Crippen molar-refractivity contribution in [1.29, 1.82) is 0 Å². The van der Waals surface area contributed by atoms with E-state index < -0.39 is 11.7 Å². The van der Waals surface area contributed by atoms with Crippen LogP contribution in [0.25, 0.3) is 0 Å². The summed E-state index contributed by atoms with van der Waals surface area (Å²) in [7, 11) is 1.55. The van der Waals surface area contributed by atoms with Crippen LogP contribution in [0.3, 0.4) is 0 Å². The first kappa shape index (κ1) is 17.8. The summed E-state index contributed by atoms with van der Waals surface area (Å²) < 4.78 is 10.2. The maximum atomic E-state index is 11.4. The fourth-order valence-electron chi connectivity index (χ4n) is 1.14. The summed E-state index contributed by atoms with van der Waals surface area (Å²) >= 11 is 0. The van der Waals surface area contributed by atoms with Gasteiger partial charge in [-0.25, -0.2) is 4.79 Å². The number of rotatable bonds is 4. The molecule has 110 valence electrons. The molecule has 0 fully saturated rings. The van der Waals surface area contributed by atoms with Crippen molar-refractivity contribution in [3.05, 3.63) is 23.6 Å². The molecule has 0 aliphatic carbocycles. The molecular weight excluding hydrogens is 256 g/mol. The van der Waals surface area contributed by atoms with Gasteiger partial charge in [-0.05, 0) is 40.5 Å². The first-order valence-corrected chi connectivity index (χ1v) is 6.13. The van der Waals surface area contributed by atoms with Gasteiger partial charge in [-0.1, -0.05) is 11.8 Å². The lowest BCUT2D eigenvalue weighted by atomic mass is 10.2. The SMILES string of the molecule is C=N/C=C\C(OC)=C(/C)C#CCNC(=O)OC(C)(C)C. The van der Waals surface area contributed by atoms with Gasteiger partial charge in [0.05, 0.1) is 13.7 Å². The molecule has 1 N–H and O–H groups in total. The molecule has 0 saturated carbocycles. The molecule has 0 rings (SSSR count). The lowest BCUT2D eigenvalue weighted by Gasteiger charge is -2.19. The van der Waals surface area contributed by atoms with Gasteiger partial charge in [0.1, 0.15) is 11.4 Å². The second-order valence-electron chi connectivity index (χ2n) is 4.85. The number of methoxy groups -OCH3 is 1. The Bertz CT molecular complexity index is 460. The molecule has 0 bridgehead atoms. The Morgan fingerprint density at radius 2 is 2.10 bits per heavy atom. The largest absolute Gasteiger partial charge is 0.496 e. The molecule has 5 heteroatoms. The molecule has 0 atom stereocenters. The zero-order chi connectivity index (χ0) is 15.6. The standard InChI is InChI=1S/C15H22N2O3/c1-12(13(19-6)9-11-16-5)8-7-10-17-14(18)20-15(2,3)4/h9,11H,5,10H2,1-4,6H3,(H,17,18)/b11-9-,13-12-. The van der Waals surface area contributed by atoms with Crippen LogP contribution >= 0.6 is 0 Å². The number of aliphatic imine (C=N–C) groups is 1. The first-order valence-electron chi connectivity index (χ1n) is 6.13. The van der Waals surface area contributed by atoms with Gasteiger partial charge in [-0.15, -0.1) is 0 Å². The Morgan fingerprint density at radius 3 is 2.60 bits per heavy atom. The molecule has 0 aliphatic rings. The molecular formula is C15H22N2O3. The van der Waals surface area contributed by atoms with Gasteiger partial charge < -0.3 is 14.8 Å². The van der Waals surface area contributed by atoms with Crippen molar-refractivity contribution in [1.82, 2.24) is 5.32 Å². The Kier molecular flexibility index (Phi) is 7.83. The molecule has 20 heavy (non-hydrogen) atoms. The molecule has 0 aromatic rings. The lowest BCUT2D eigenvalue weighted by molar-refractivity contribution is 0.0535. The third-order valence-electron chi connectivity index (χ3n) is 1.92. The van der Waals surface area contributed by atoms with E-state index in [9.17, 15) is 4.79 Å². The Balaban J connectivity index is 4.46. The third kappa shape index (κ3) is 8.81. The van der Waals surface area contributed by atoms with Gasteiger partial charge in [0, 0.05) is 11.8 Å². The van der Waals surface area contributed by atoms with Crippen molar-refractivity contribution in [3.8, 4) is 11.8 Å². The van der Waals surface area contributed by atoms with Crippen LogP contribution in [-0.4, -0.2) is 32.1 Å². The molecule has 0 saturated heterocycles. The minimum Gasteiger partial charge on any atom is -0.496 e. The summed E-state index contributed by atoms with van der Waals surface area (Å²) in [6.45, 7) is 10.8. The maximum Gasteiger partial charge on any atom is 0.408 e. The Labute approximate surface area is 120 Å². The second kappa shape index (κ2) is 8.81. The van der Waals surface area contributed by atoms with E-state index in [4.69, 9.17) is 9.47 Å². The summed E-state index contributed by atoms with van der Waals surface area (Å²) in [5.74, 6) is 6.29. The van der Waals surface area contributed by atoms with Gasteiger partial charge in [-0.2, -0.15) is 0 Å². The first-order chi connectivity index (χ1) is 9.30. The highest BCUT2D eigenvalue weighted by atomic mass is 16.6. The molecule has 0 spiro atoms. The maximum absolute atomic E-state index is 11.4. The van der Waals surface area contributed by atoms with Crippen LogP contribution < -0.4 is 5.32 Å². The van der Waals surface area contributed by atoms with Crippen LogP contribution in [0.15, 0.2) is 28.6 Å². The van der Waals surface area contributed by atoms with E-state index in [1.165, 1.54) is 6.20 Å². The van der Waals surface area contributed by atoms with Crippen molar-refractivity contribution < 1.29 is 14.3 Å². The van der Waals surface area contributed by atoms with Crippen LogP contribution in [-0.2, 0) is 9.47 Å². The minimum atomic E-state index is -0.515. The molecule has 0 radical (unpaired) electrons. The number of amides is 1. The molecule has 0 aromatic heterocycles. The molecule has 0 heterocycles. The van der Waals surface area contributed by atoms with Crippen LogP contribution in [0, 0.1) is 11.8 Å². The minimum absolute atomic E-state index is 0.201. The van der Waals surface area contributed by atoms with Gasteiger partial charge in [0.2, 0.25) is 0 Å². The zero-order valence-corrected chi connectivity index (χ0v) is 12.7. The number of hydrogen-bond acceptors (Lipinski definition) is 4. The molecule has 0 aromatic carbocycles. The van der Waals surface area contributed by atoms with Crippen molar-refractivity contribution >= 4 is 12.8 Å². The van der Waals surface area contributed by atoms with E-state index in [1.807, 2.05) is 6.92 Å². The number of carbonyl (C=O) groups excluding carboxylic acids is 1. The van der Waals surface area contributed by atoms with Gasteiger partial charge in [0.15, 0.2) is 0 Å². The lowest BCUT2D eigenvalue weighted by Crippen LogP contribution is -2.32. The number of carbonyl (C=O) groups is 1. The number of nitrogens with one attached hydrogen (secondary N) is 1. The number of ether oxygens (including phenoxy) is 2. The molecule has 1 amide bonds. The van der Waals surface area contributed by atoms with Gasteiger partial charge in [0.25, 0.3) is 0 Å². The summed E-state index contributed by atoms with van der Waals surface area (Å²) in [5, 5.41) is 2.55. The van der Waals surface area contributed by atoms with Crippen LogP contribution in [0.5, 0.6) is 0 Å². The molecule has 5 nitrogen and oxygen atoms in total. The number of allylic oxidation sites excluding steroid dienone is 2. The average Bonchev–Trinajstić information content (AvgIpc) is 2.33. The van der Waals surface area contributed by atoms with Crippen LogP contribution in [0.4, 0.5) is 4.79 Å². The van der Waals surface area contributed by atoms with Crippen molar-refractivity contribution in [2.45, 2.75) is 33.3 Å². The summed E-state index contributed by atoms with van der Waals surface area (Å²) in [6, 6.07) is 0. The smallest absolute Gasteiger partial charge is 0.408 e. The quantitative estimate of drug-likeness (QED) is 0.372. The van der Waals surface area contributed by atoms with E-state index in [0.717, 1.165) is 5.57 Å². The normalized spacial score (nSPS) is 12.1. The fourth-order valence-corrected chi connectivity index (χ4v) is 1.14. The topological polar surface area (TPSA) is 59.9 Å². The molecule has 0 aliphatic heterocycles. The van der Waals surface area contributed by atoms with E-state index in [2.05, 4.69) is 28.9 Å². The zero-order valence-electron chi connectivity index (χ0n) is 12.7. The van der Waals surface area contributed by atoms with Crippen molar-refractivity contribution in [2.75, 3.05) is 13.7 Å². The summed E-state index contributed by atoms with van der Waals surface area (Å²) in [6.07, 6.45) is 2.69. The van der Waals surface area contributed by atoms with Gasteiger partial charge in [-0.3, -0.25) is 4.99 Å². The number of alkyl carbamates (subject to hydrolysis) is 1. The number of hydrogen-bond donors (Lipinski definition) is 1. The van der Waals surface area contributed by atoms with Crippen LogP contribution in [0.2, 0.25) is 0 Å². The van der Waals surface area contributed by atoms with E-state index in [1.54, 1.807) is 34.0 Å². The predicted octanol–water partition coefficient (Wildman–Crippen LogP) is 2.65. The number of nitrogens with zero attached hydrogens (tertiary/aromatic N) is 1. The molecule has 0 unspecified atom stereocenters. The summed E-state index contributed by atoms with van der Waals surface area (Å²) in [5.41, 5.74) is 0.220. The highest BCUT2D eigenvalue weighted by molar-refractivity contribution is 5.68. The van der Waals surface area contributed by atoms with Gasteiger partial charge >= 0.3 is 6.09 Å². The highest BCUT2D eigenvalue weighted by Crippen LogP contribution is 2.06. The Morgan fingerprint density at radius 1 is 1.45 bits per heavy atom. The average molecular weight is 278 g/mol. The van der Waals surface area contributed by atoms with E-state index in [-0.39, 0.29) is 6.54 Å². The van der Waals surface area contributed by atoms with Crippen LogP contribution in [0.1, 0.15) is 27.7 Å². The highest BCUT2D eigenvalue weighted by Gasteiger charge is 2.14. The third-order valence-corrected chi connectivity index (χ3v) is 1.92. The second-order valence-corrected chi connectivity index (χ2v) is 4.85. The van der Waals surface area contributed by atoms with E-state index in [0.29, 0.717) is 5.76 Å². The summed E-state index contributed by atoms with van der Waals surface area (Å²) in [4.78, 5) is 15.0. The predicted molar refractivity (Wildman–Crippen MR) is 80.4 cm³/mol. The monoisotopic (exact) mass is 278 g/mol. The fraction of sp³-hybridized carbons (Fsp3) is 0.467. The Hall–Kier alpha value is -2.22. The van der Waals surface area contributed by atoms with Crippen molar-refractivity contribution in [3.63, 3.8) is 0 Å². The van der Waals surface area contributed by atoms with Crippen molar-refractivity contribution in [2.24, 2.45) is 4.99 Å². The van der Waals surface area contributed by atoms with E-state index >= 15 is 0 Å².